The molecule has 0 saturated heterocycles. The lowest BCUT2D eigenvalue weighted by atomic mass is 9.94. The number of carbonyl (C=O) groups excluding carboxylic acids is 1. The predicted molar refractivity (Wildman–Crippen MR) is 55.1 cm³/mol. The normalized spacial score (nSPS) is 22.0. The molecular weight excluding hydrogens is 176 g/mol. The van der Waals surface area contributed by atoms with Gasteiger partial charge >= 0.3 is 0 Å². The van der Waals surface area contributed by atoms with Crippen LogP contribution < -0.4 is 5.32 Å². The lowest BCUT2D eigenvalue weighted by Gasteiger charge is -2.21. The van der Waals surface area contributed by atoms with Gasteiger partial charge in [0.2, 0.25) is 0 Å². The lowest BCUT2D eigenvalue weighted by molar-refractivity contribution is -0.121. The third-order valence-electron chi connectivity index (χ3n) is 2.54. The van der Waals surface area contributed by atoms with Gasteiger partial charge in [-0.15, -0.1) is 0 Å². The molecule has 1 aromatic heterocycles. The Kier molecular flexibility index (Phi) is 2.77. The molecule has 1 aliphatic carbocycles. The third-order valence-corrected chi connectivity index (χ3v) is 2.54. The summed E-state index contributed by atoms with van der Waals surface area (Å²) in [5, 5.41) is 3.17. The zero-order valence-corrected chi connectivity index (χ0v) is 8.07. The van der Waals surface area contributed by atoms with E-state index in [1.54, 1.807) is 6.20 Å². The predicted octanol–water partition coefficient (Wildman–Crippen LogP) is 2.01. The summed E-state index contributed by atoms with van der Waals surface area (Å²) in [6.45, 7) is 0. The molecule has 3 heteroatoms. The molecule has 1 saturated carbocycles. The average Bonchev–Trinajstić information content (AvgIpc) is 2.23. The minimum absolute atomic E-state index is 0.0151. The van der Waals surface area contributed by atoms with Crippen molar-refractivity contribution in [1.29, 1.82) is 0 Å². The first-order valence-corrected chi connectivity index (χ1v) is 5.06. The summed E-state index contributed by atoms with van der Waals surface area (Å²) in [7, 11) is 0. The van der Waals surface area contributed by atoms with Crippen LogP contribution in [-0.2, 0) is 4.79 Å². The first-order valence-electron chi connectivity index (χ1n) is 5.06. The molecule has 2 rings (SSSR count). The second-order valence-electron chi connectivity index (χ2n) is 3.62. The molecular formula is C11H14N2O. The van der Waals surface area contributed by atoms with Crippen molar-refractivity contribution in [2.24, 2.45) is 0 Å². The van der Waals surface area contributed by atoms with Gasteiger partial charge in [-0.25, -0.2) is 4.98 Å². The molecule has 0 amide bonds. The Morgan fingerprint density at radius 1 is 1.36 bits per heavy atom. The first kappa shape index (κ1) is 9.19. The van der Waals surface area contributed by atoms with Gasteiger partial charge in [-0.2, -0.15) is 0 Å². The summed E-state index contributed by atoms with van der Waals surface area (Å²) in [6, 6.07) is 5.66. The molecule has 1 aliphatic rings. The third kappa shape index (κ3) is 2.10. The van der Waals surface area contributed by atoms with Crippen molar-refractivity contribution in [2.45, 2.75) is 31.7 Å². The van der Waals surface area contributed by atoms with Gasteiger partial charge in [0.1, 0.15) is 5.82 Å². The van der Waals surface area contributed by atoms with Gasteiger partial charge in [-0.05, 0) is 25.0 Å². The molecule has 1 atom stereocenters. The maximum atomic E-state index is 11.5. The fraction of sp³-hybridized carbons (Fsp3) is 0.455. The van der Waals surface area contributed by atoms with E-state index in [0.29, 0.717) is 12.2 Å². The van der Waals surface area contributed by atoms with Crippen LogP contribution >= 0.6 is 0 Å². The minimum Gasteiger partial charge on any atom is -0.360 e. The van der Waals surface area contributed by atoms with E-state index in [1.807, 2.05) is 18.2 Å². The van der Waals surface area contributed by atoms with Crippen molar-refractivity contribution < 1.29 is 4.79 Å². The standard InChI is InChI=1S/C11H14N2O/c14-10-6-2-1-5-9(10)13-11-7-3-4-8-12-11/h3-4,7-9H,1-2,5-6H2,(H,12,13). The number of carbonyl (C=O) groups is 1. The molecule has 0 spiro atoms. The number of hydrogen-bond acceptors (Lipinski definition) is 3. The van der Waals surface area contributed by atoms with Crippen molar-refractivity contribution in [3.05, 3.63) is 24.4 Å². The number of ketones is 1. The van der Waals surface area contributed by atoms with Crippen LogP contribution in [0.5, 0.6) is 0 Å². The molecule has 1 N–H and O–H groups in total. The van der Waals surface area contributed by atoms with E-state index in [-0.39, 0.29) is 6.04 Å². The second kappa shape index (κ2) is 4.22. The van der Waals surface area contributed by atoms with Crippen molar-refractivity contribution >= 4 is 11.6 Å². The topological polar surface area (TPSA) is 42.0 Å². The van der Waals surface area contributed by atoms with E-state index in [2.05, 4.69) is 10.3 Å². The van der Waals surface area contributed by atoms with E-state index < -0.39 is 0 Å². The number of Topliss-reactive ketones (excluding diaryl/α,β-unsaturated/α-hetero) is 1. The fourth-order valence-electron chi connectivity index (χ4n) is 1.76. The number of hydrogen-bond donors (Lipinski definition) is 1. The smallest absolute Gasteiger partial charge is 0.155 e. The highest BCUT2D eigenvalue weighted by Gasteiger charge is 2.21. The van der Waals surface area contributed by atoms with Gasteiger partial charge in [-0.3, -0.25) is 4.79 Å². The highest BCUT2D eigenvalue weighted by atomic mass is 16.1. The number of nitrogens with one attached hydrogen (secondary N) is 1. The Morgan fingerprint density at radius 3 is 3.00 bits per heavy atom. The quantitative estimate of drug-likeness (QED) is 0.775. The zero-order valence-electron chi connectivity index (χ0n) is 8.07. The summed E-state index contributed by atoms with van der Waals surface area (Å²) < 4.78 is 0. The van der Waals surface area contributed by atoms with Crippen LogP contribution in [0.3, 0.4) is 0 Å². The first-order chi connectivity index (χ1) is 6.86. The Morgan fingerprint density at radius 2 is 2.29 bits per heavy atom. The molecule has 3 nitrogen and oxygen atoms in total. The van der Waals surface area contributed by atoms with Crippen LogP contribution in [0.4, 0.5) is 5.82 Å². The van der Waals surface area contributed by atoms with Crippen LogP contribution in [0.25, 0.3) is 0 Å². The molecule has 1 aromatic rings. The Balaban J connectivity index is 2.00. The molecule has 0 aromatic carbocycles. The van der Waals surface area contributed by atoms with E-state index in [1.165, 1.54) is 0 Å². The summed E-state index contributed by atoms with van der Waals surface area (Å²) in [4.78, 5) is 15.7. The molecule has 0 bridgehead atoms. The highest BCUT2D eigenvalue weighted by molar-refractivity contribution is 5.87. The largest absolute Gasteiger partial charge is 0.360 e. The molecule has 0 aliphatic heterocycles. The molecule has 1 fully saturated rings. The van der Waals surface area contributed by atoms with Gasteiger partial charge in [0.25, 0.3) is 0 Å². The van der Waals surface area contributed by atoms with Crippen molar-refractivity contribution in [3.63, 3.8) is 0 Å². The van der Waals surface area contributed by atoms with Gasteiger partial charge in [0, 0.05) is 12.6 Å². The number of nitrogens with zero attached hydrogens (tertiary/aromatic N) is 1. The summed E-state index contributed by atoms with van der Waals surface area (Å²) in [5.74, 6) is 1.12. The summed E-state index contributed by atoms with van der Waals surface area (Å²) in [6.07, 6.45) is 5.56. The molecule has 1 unspecified atom stereocenters. The number of aromatic nitrogens is 1. The highest BCUT2D eigenvalue weighted by Crippen LogP contribution is 2.17. The summed E-state index contributed by atoms with van der Waals surface area (Å²) >= 11 is 0. The number of anilines is 1. The van der Waals surface area contributed by atoms with E-state index >= 15 is 0 Å². The van der Waals surface area contributed by atoms with Crippen LogP contribution in [0.1, 0.15) is 25.7 Å². The zero-order chi connectivity index (χ0) is 9.80. The number of pyridine rings is 1. The minimum atomic E-state index is -0.0151. The monoisotopic (exact) mass is 190 g/mol. The van der Waals surface area contributed by atoms with E-state index in [9.17, 15) is 4.79 Å². The second-order valence-corrected chi connectivity index (χ2v) is 3.62. The van der Waals surface area contributed by atoms with Crippen molar-refractivity contribution in [2.75, 3.05) is 5.32 Å². The van der Waals surface area contributed by atoms with Gasteiger partial charge < -0.3 is 5.32 Å². The van der Waals surface area contributed by atoms with Gasteiger partial charge in [-0.1, -0.05) is 12.5 Å². The molecule has 14 heavy (non-hydrogen) atoms. The average molecular weight is 190 g/mol. The van der Waals surface area contributed by atoms with Gasteiger partial charge in [0.15, 0.2) is 5.78 Å². The van der Waals surface area contributed by atoms with Crippen molar-refractivity contribution in [3.8, 4) is 0 Å². The number of rotatable bonds is 2. The van der Waals surface area contributed by atoms with E-state index in [0.717, 1.165) is 25.1 Å². The lowest BCUT2D eigenvalue weighted by Crippen LogP contribution is -2.32. The molecule has 0 radical (unpaired) electrons. The summed E-state index contributed by atoms with van der Waals surface area (Å²) in [5.41, 5.74) is 0. The Labute approximate surface area is 83.5 Å². The maximum absolute atomic E-state index is 11.5. The Bertz CT molecular complexity index is 310. The van der Waals surface area contributed by atoms with Crippen LogP contribution in [-0.4, -0.2) is 16.8 Å². The van der Waals surface area contributed by atoms with Crippen LogP contribution in [0.15, 0.2) is 24.4 Å². The molecule has 74 valence electrons. The van der Waals surface area contributed by atoms with Gasteiger partial charge in [0.05, 0.1) is 6.04 Å². The van der Waals surface area contributed by atoms with E-state index in [4.69, 9.17) is 0 Å². The fourth-order valence-corrected chi connectivity index (χ4v) is 1.76. The molecule has 1 heterocycles. The Hall–Kier alpha value is -1.38. The van der Waals surface area contributed by atoms with Crippen molar-refractivity contribution in [1.82, 2.24) is 4.98 Å². The SMILES string of the molecule is O=C1CCCCC1Nc1ccccn1. The maximum Gasteiger partial charge on any atom is 0.155 e. The van der Waals surface area contributed by atoms with Crippen LogP contribution in [0, 0.1) is 0 Å². The van der Waals surface area contributed by atoms with Crippen LogP contribution in [0.2, 0.25) is 0 Å².